The third kappa shape index (κ3) is 4.67. The first-order chi connectivity index (χ1) is 14.1. The van der Waals surface area contributed by atoms with Gasteiger partial charge in [-0.25, -0.2) is 4.98 Å². The Labute approximate surface area is 172 Å². The maximum absolute atomic E-state index is 13.3. The van der Waals surface area contributed by atoms with Crippen LogP contribution in [-0.4, -0.2) is 63.9 Å². The summed E-state index contributed by atoms with van der Waals surface area (Å²) in [4.78, 5) is 34.5. The summed E-state index contributed by atoms with van der Waals surface area (Å²) in [6, 6.07) is 6.99. The highest BCUT2D eigenvalue weighted by Gasteiger charge is 2.31. The van der Waals surface area contributed by atoms with E-state index in [1.165, 1.54) is 0 Å². The number of aryl methyl sites for hydroxylation is 1. The zero-order chi connectivity index (χ0) is 20.8. The van der Waals surface area contributed by atoms with Gasteiger partial charge in [-0.1, -0.05) is 19.9 Å². The summed E-state index contributed by atoms with van der Waals surface area (Å²) in [6.07, 6.45) is 5.47. The zero-order valence-corrected chi connectivity index (χ0v) is 17.6. The van der Waals surface area contributed by atoms with Crippen molar-refractivity contribution in [3.05, 3.63) is 53.6 Å². The smallest absolute Gasteiger partial charge is 0.254 e. The Morgan fingerprint density at radius 2 is 1.93 bits per heavy atom. The van der Waals surface area contributed by atoms with E-state index in [1.807, 2.05) is 27.6 Å². The molecule has 0 spiro atoms. The van der Waals surface area contributed by atoms with Gasteiger partial charge in [0.15, 0.2) is 0 Å². The lowest BCUT2D eigenvalue weighted by Gasteiger charge is -2.36. The molecule has 1 aliphatic rings. The molecule has 156 valence electrons. The molecule has 1 saturated heterocycles. The average molecular weight is 398 g/mol. The maximum atomic E-state index is 13.3. The molecule has 0 saturated carbocycles. The highest BCUT2D eigenvalue weighted by Crippen LogP contribution is 2.23. The number of amides is 2. The van der Waals surface area contributed by atoms with Crippen LogP contribution in [0.3, 0.4) is 0 Å². The SMILES string of the molecule is CCCN(CCC)C(=O)c1cccc(C(=O)N2CCNCC2c2nccn2C)c1. The molecule has 1 aromatic heterocycles. The van der Waals surface area contributed by atoms with Crippen LogP contribution in [0.5, 0.6) is 0 Å². The number of carbonyl (C=O) groups is 2. The summed E-state index contributed by atoms with van der Waals surface area (Å²) in [5, 5.41) is 3.35. The number of nitrogens with zero attached hydrogens (tertiary/aromatic N) is 4. The van der Waals surface area contributed by atoms with Crippen molar-refractivity contribution in [2.75, 3.05) is 32.7 Å². The Balaban J connectivity index is 1.84. The monoisotopic (exact) mass is 397 g/mol. The van der Waals surface area contributed by atoms with Crippen molar-refractivity contribution in [2.24, 2.45) is 7.05 Å². The Kier molecular flexibility index (Phi) is 7.04. The molecule has 2 heterocycles. The molecular formula is C22H31N5O2. The van der Waals surface area contributed by atoms with Gasteiger partial charge in [0.1, 0.15) is 11.9 Å². The number of hydrogen-bond acceptors (Lipinski definition) is 4. The number of rotatable bonds is 7. The molecule has 0 bridgehead atoms. The van der Waals surface area contributed by atoms with Gasteiger partial charge in [-0.3, -0.25) is 9.59 Å². The van der Waals surface area contributed by atoms with Gasteiger partial charge in [0.2, 0.25) is 0 Å². The van der Waals surface area contributed by atoms with E-state index >= 15 is 0 Å². The average Bonchev–Trinajstić information content (AvgIpc) is 3.18. The number of imidazole rings is 1. The molecule has 29 heavy (non-hydrogen) atoms. The number of hydrogen-bond donors (Lipinski definition) is 1. The van der Waals surface area contributed by atoms with E-state index in [1.54, 1.807) is 30.5 Å². The van der Waals surface area contributed by atoms with E-state index < -0.39 is 0 Å². The van der Waals surface area contributed by atoms with Gasteiger partial charge in [-0.2, -0.15) is 0 Å². The van der Waals surface area contributed by atoms with Crippen LogP contribution in [0.1, 0.15) is 59.3 Å². The molecule has 1 N–H and O–H groups in total. The van der Waals surface area contributed by atoms with Crippen LogP contribution < -0.4 is 5.32 Å². The van der Waals surface area contributed by atoms with Crippen molar-refractivity contribution in [1.82, 2.24) is 24.7 Å². The molecule has 0 aliphatic carbocycles. The van der Waals surface area contributed by atoms with Crippen LogP contribution in [0.15, 0.2) is 36.7 Å². The second-order valence-electron chi connectivity index (χ2n) is 7.49. The van der Waals surface area contributed by atoms with Crippen LogP contribution in [0, 0.1) is 0 Å². The molecule has 1 aromatic carbocycles. The van der Waals surface area contributed by atoms with E-state index in [0.717, 1.165) is 38.3 Å². The van der Waals surface area contributed by atoms with Gasteiger partial charge in [0.25, 0.3) is 11.8 Å². The van der Waals surface area contributed by atoms with Crippen molar-refractivity contribution in [3.63, 3.8) is 0 Å². The summed E-state index contributed by atoms with van der Waals surface area (Å²) in [5.41, 5.74) is 1.12. The van der Waals surface area contributed by atoms with E-state index in [4.69, 9.17) is 0 Å². The minimum atomic E-state index is -0.132. The molecule has 0 radical (unpaired) electrons. The summed E-state index contributed by atoms with van der Waals surface area (Å²) >= 11 is 0. The molecule has 3 rings (SSSR count). The van der Waals surface area contributed by atoms with Gasteiger partial charge >= 0.3 is 0 Å². The van der Waals surface area contributed by atoms with Crippen LogP contribution >= 0.6 is 0 Å². The number of benzene rings is 1. The highest BCUT2D eigenvalue weighted by atomic mass is 16.2. The summed E-state index contributed by atoms with van der Waals surface area (Å²) in [5.74, 6) is 0.783. The predicted molar refractivity (Wildman–Crippen MR) is 113 cm³/mol. The fourth-order valence-corrected chi connectivity index (χ4v) is 3.86. The van der Waals surface area contributed by atoms with Crippen LogP contribution in [-0.2, 0) is 7.05 Å². The quantitative estimate of drug-likeness (QED) is 0.779. The predicted octanol–water partition coefficient (Wildman–Crippen LogP) is 2.47. The molecule has 1 fully saturated rings. The maximum Gasteiger partial charge on any atom is 0.254 e. The van der Waals surface area contributed by atoms with Crippen LogP contribution in [0.2, 0.25) is 0 Å². The summed E-state index contributed by atoms with van der Waals surface area (Å²) in [6.45, 7) is 7.60. The van der Waals surface area contributed by atoms with Gasteiger partial charge in [0, 0.05) is 63.3 Å². The summed E-state index contributed by atoms with van der Waals surface area (Å²) < 4.78 is 1.95. The van der Waals surface area contributed by atoms with Crippen LogP contribution in [0.25, 0.3) is 0 Å². The zero-order valence-electron chi connectivity index (χ0n) is 17.6. The molecule has 1 aliphatic heterocycles. The Hall–Kier alpha value is -2.67. The Bertz CT molecular complexity index is 841. The third-order valence-corrected chi connectivity index (χ3v) is 5.29. The van der Waals surface area contributed by atoms with Crippen molar-refractivity contribution in [1.29, 1.82) is 0 Å². The minimum absolute atomic E-state index is 0.00990. The molecule has 2 aromatic rings. The molecule has 7 nitrogen and oxygen atoms in total. The topological polar surface area (TPSA) is 70.5 Å². The lowest BCUT2D eigenvalue weighted by Crippen LogP contribution is -2.49. The molecule has 1 unspecified atom stereocenters. The van der Waals surface area contributed by atoms with Crippen molar-refractivity contribution in [3.8, 4) is 0 Å². The van der Waals surface area contributed by atoms with Crippen LogP contribution in [0.4, 0.5) is 0 Å². The number of carbonyl (C=O) groups excluding carboxylic acids is 2. The molecule has 2 amide bonds. The standard InChI is InChI=1S/C22H31N5O2/c1-4-11-26(12-5-2)21(28)17-7-6-8-18(15-17)22(29)27-14-9-23-16-19(27)20-24-10-13-25(20)3/h6-8,10,13,15,19,23H,4-5,9,11-12,14,16H2,1-3H3. The minimum Gasteiger partial charge on any atom is -0.339 e. The number of nitrogens with one attached hydrogen (secondary N) is 1. The first kappa shape index (κ1) is 21.0. The summed E-state index contributed by atoms with van der Waals surface area (Å²) in [7, 11) is 1.94. The second-order valence-corrected chi connectivity index (χ2v) is 7.49. The fourth-order valence-electron chi connectivity index (χ4n) is 3.86. The van der Waals surface area contributed by atoms with E-state index in [0.29, 0.717) is 24.2 Å². The van der Waals surface area contributed by atoms with E-state index in [-0.39, 0.29) is 17.9 Å². The van der Waals surface area contributed by atoms with E-state index in [9.17, 15) is 9.59 Å². The first-order valence-corrected chi connectivity index (χ1v) is 10.4. The van der Waals surface area contributed by atoms with E-state index in [2.05, 4.69) is 24.1 Å². The largest absolute Gasteiger partial charge is 0.339 e. The normalized spacial score (nSPS) is 16.7. The molecule has 7 heteroatoms. The first-order valence-electron chi connectivity index (χ1n) is 10.4. The molecule has 1 atom stereocenters. The van der Waals surface area contributed by atoms with Gasteiger partial charge in [-0.15, -0.1) is 0 Å². The lowest BCUT2D eigenvalue weighted by atomic mass is 10.1. The van der Waals surface area contributed by atoms with Crippen molar-refractivity contribution in [2.45, 2.75) is 32.7 Å². The van der Waals surface area contributed by atoms with Crippen molar-refractivity contribution >= 4 is 11.8 Å². The Morgan fingerprint density at radius 1 is 1.21 bits per heavy atom. The van der Waals surface area contributed by atoms with Gasteiger partial charge in [-0.05, 0) is 31.0 Å². The van der Waals surface area contributed by atoms with Gasteiger partial charge in [0.05, 0.1) is 0 Å². The second kappa shape index (κ2) is 9.69. The number of aromatic nitrogens is 2. The molecular weight excluding hydrogens is 366 g/mol. The fraction of sp³-hybridized carbons (Fsp3) is 0.500. The number of piperazine rings is 1. The lowest BCUT2D eigenvalue weighted by molar-refractivity contribution is 0.0621. The Morgan fingerprint density at radius 3 is 2.59 bits per heavy atom. The van der Waals surface area contributed by atoms with Gasteiger partial charge < -0.3 is 19.7 Å². The third-order valence-electron chi connectivity index (χ3n) is 5.29. The van der Waals surface area contributed by atoms with Crippen molar-refractivity contribution < 1.29 is 9.59 Å². The highest BCUT2D eigenvalue weighted by molar-refractivity contribution is 5.99.